The van der Waals surface area contributed by atoms with Crippen molar-refractivity contribution < 1.29 is 14.3 Å². The lowest BCUT2D eigenvalue weighted by molar-refractivity contribution is 0.0277. The van der Waals surface area contributed by atoms with E-state index in [-0.39, 0.29) is 5.78 Å². The first-order valence-corrected chi connectivity index (χ1v) is 9.83. The van der Waals surface area contributed by atoms with Crippen LogP contribution in [0.3, 0.4) is 0 Å². The van der Waals surface area contributed by atoms with E-state index in [2.05, 4.69) is 10.3 Å². The number of carbonyl (C=O) groups excluding carboxylic acids is 2. The minimum atomic E-state index is -0.805. The van der Waals surface area contributed by atoms with E-state index < -0.39 is 12.1 Å². The zero-order chi connectivity index (χ0) is 20.9. The molecule has 0 bridgehead atoms. The average molecular weight is 399 g/mol. The van der Waals surface area contributed by atoms with Gasteiger partial charge in [-0.25, -0.2) is 9.48 Å². The molecule has 30 heavy (non-hydrogen) atoms. The summed E-state index contributed by atoms with van der Waals surface area (Å²) < 4.78 is 7.30. The monoisotopic (exact) mass is 399 g/mol. The lowest BCUT2D eigenvalue weighted by Crippen LogP contribution is -2.26. The number of rotatable bonds is 7. The molecule has 0 amide bonds. The number of ether oxygens (including phenoxy) is 1. The molecule has 4 aromatic rings. The van der Waals surface area contributed by atoms with Gasteiger partial charge in [-0.1, -0.05) is 66.7 Å². The first-order chi connectivity index (χ1) is 14.7. The molecule has 6 nitrogen and oxygen atoms in total. The van der Waals surface area contributed by atoms with Gasteiger partial charge in [0.05, 0.1) is 17.6 Å². The molecule has 0 saturated heterocycles. The molecular weight excluding hydrogens is 378 g/mol. The normalized spacial score (nSPS) is 11.9. The second kappa shape index (κ2) is 8.69. The summed E-state index contributed by atoms with van der Waals surface area (Å²) in [6.45, 7) is 2.37. The Morgan fingerprint density at radius 2 is 1.60 bits per heavy atom. The van der Waals surface area contributed by atoms with Crippen LogP contribution in [0.1, 0.15) is 39.6 Å². The number of carbonyl (C=O) groups is 2. The van der Waals surface area contributed by atoms with Gasteiger partial charge in [0.15, 0.2) is 6.10 Å². The first-order valence-electron chi connectivity index (χ1n) is 9.83. The zero-order valence-corrected chi connectivity index (χ0v) is 16.6. The Kier molecular flexibility index (Phi) is 5.66. The number of esters is 1. The van der Waals surface area contributed by atoms with Gasteiger partial charge in [0.25, 0.3) is 0 Å². The SMILES string of the molecule is CC[C@@H](OC(=O)c1ccc(Cn2nnc3ccccc32)cc1)C(=O)c1ccccc1. The van der Waals surface area contributed by atoms with Gasteiger partial charge in [-0.05, 0) is 36.2 Å². The molecule has 3 aromatic carbocycles. The molecule has 0 unspecified atom stereocenters. The molecular formula is C24H21N3O3. The molecule has 150 valence electrons. The molecule has 0 saturated carbocycles. The number of benzene rings is 3. The van der Waals surface area contributed by atoms with Gasteiger partial charge in [0.2, 0.25) is 5.78 Å². The van der Waals surface area contributed by atoms with Crippen molar-refractivity contribution in [2.24, 2.45) is 0 Å². The Balaban J connectivity index is 1.44. The summed E-state index contributed by atoms with van der Waals surface area (Å²) in [6, 6.07) is 23.7. The van der Waals surface area contributed by atoms with Gasteiger partial charge in [0, 0.05) is 5.56 Å². The van der Waals surface area contributed by atoms with Crippen molar-refractivity contribution >= 4 is 22.8 Å². The van der Waals surface area contributed by atoms with Crippen LogP contribution in [-0.4, -0.2) is 32.9 Å². The van der Waals surface area contributed by atoms with Gasteiger partial charge in [0.1, 0.15) is 5.52 Å². The van der Waals surface area contributed by atoms with Crippen LogP contribution in [0.2, 0.25) is 0 Å². The number of aromatic nitrogens is 3. The van der Waals surface area contributed by atoms with Gasteiger partial charge >= 0.3 is 5.97 Å². The third kappa shape index (κ3) is 4.12. The molecule has 0 radical (unpaired) electrons. The number of hydrogen-bond acceptors (Lipinski definition) is 5. The van der Waals surface area contributed by atoms with E-state index in [1.807, 2.05) is 54.1 Å². The largest absolute Gasteiger partial charge is 0.450 e. The second-order valence-electron chi connectivity index (χ2n) is 6.97. The van der Waals surface area contributed by atoms with Crippen LogP contribution in [0, 0.1) is 0 Å². The van der Waals surface area contributed by atoms with Gasteiger partial charge in [-0.2, -0.15) is 0 Å². The predicted octanol–water partition coefficient (Wildman–Crippen LogP) is 4.30. The maximum atomic E-state index is 12.6. The lowest BCUT2D eigenvalue weighted by Gasteiger charge is -2.15. The molecule has 0 N–H and O–H groups in total. The minimum Gasteiger partial charge on any atom is -0.450 e. The highest BCUT2D eigenvalue weighted by Gasteiger charge is 2.23. The highest BCUT2D eigenvalue weighted by atomic mass is 16.5. The minimum absolute atomic E-state index is 0.193. The second-order valence-corrected chi connectivity index (χ2v) is 6.97. The van der Waals surface area contributed by atoms with Crippen LogP contribution in [0.5, 0.6) is 0 Å². The van der Waals surface area contributed by atoms with E-state index in [0.717, 1.165) is 16.6 Å². The van der Waals surface area contributed by atoms with Crippen molar-refractivity contribution in [1.82, 2.24) is 15.0 Å². The fraction of sp³-hybridized carbons (Fsp3) is 0.167. The third-order valence-electron chi connectivity index (χ3n) is 4.91. The smallest absolute Gasteiger partial charge is 0.338 e. The summed E-state index contributed by atoms with van der Waals surface area (Å²) in [4.78, 5) is 25.1. The van der Waals surface area contributed by atoms with Crippen molar-refractivity contribution in [3.05, 3.63) is 95.6 Å². The molecule has 1 aromatic heterocycles. The van der Waals surface area contributed by atoms with Crippen molar-refractivity contribution in [2.75, 3.05) is 0 Å². The topological polar surface area (TPSA) is 74.1 Å². The molecule has 0 aliphatic carbocycles. The van der Waals surface area contributed by atoms with Crippen LogP contribution in [-0.2, 0) is 11.3 Å². The predicted molar refractivity (Wildman–Crippen MR) is 113 cm³/mol. The van der Waals surface area contributed by atoms with Gasteiger partial charge in [-0.3, -0.25) is 4.79 Å². The van der Waals surface area contributed by atoms with E-state index in [4.69, 9.17) is 4.74 Å². The summed E-state index contributed by atoms with van der Waals surface area (Å²) in [6.07, 6.45) is -0.391. The van der Waals surface area contributed by atoms with Crippen molar-refractivity contribution in [3.63, 3.8) is 0 Å². The van der Waals surface area contributed by atoms with Crippen LogP contribution >= 0.6 is 0 Å². The highest BCUT2D eigenvalue weighted by Crippen LogP contribution is 2.15. The summed E-state index contributed by atoms with van der Waals surface area (Å²) in [5.41, 5.74) is 3.71. The Morgan fingerprint density at radius 3 is 2.33 bits per heavy atom. The van der Waals surface area contributed by atoms with E-state index in [0.29, 0.717) is 24.1 Å². The molecule has 0 spiro atoms. The third-order valence-corrected chi connectivity index (χ3v) is 4.91. The molecule has 0 aliphatic rings. The number of hydrogen-bond donors (Lipinski definition) is 0. The van der Waals surface area contributed by atoms with E-state index in [9.17, 15) is 9.59 Å². The Morgan fingerprint density at radius 1 is 0.900 bits per heavy atom. The first kappa shape index (κ1) is 19.5. The fourth-order valence-electron chi connectivity index (χ4n) is 3.26. The van der Waals surface area contributed by atoms with E-state index in [1.54, 1.807) is 36.4 Å². The summed E-state index contributed by atoms with van der Waals surface area (Å²) in [5.74, 6) is -0.704. The van der Waals surface area contributed by atoms with E-state index in [1.165, 1.54) is 0 Å². The van der Waals surface area contributed by atoms with Crippen LogP contribution < -0.4 is 0 Å². The van der Waals surface area contributed by atoms with E-state index >= 15 is 0 Å². The maximum absolute atomic E-state index is 12.6. The molecule has 6 heteroatoms. The summed E-state index contributed by atoms with van der Waals surface area (Å²) >= 11 is 0. The molecule has 0 fully saturated rings. The van der Waals surface area contributed by atoms with Crippen molar-refractivity contribution in [2.45, 2.75) is 26.0 Å². The molecule has 1 heterocycles. The number of Topliss-reactive ketones (excluding diaryl/α,β-unsaturated/α-hetero) is 1. The quantitative estimate of drug-likeness (QED) is 0.342. The highest BCUT2D eigenvalue weighted by molar-refractivity contribution is 6.01. The van der Waals surface area contributed by atoms with Crippen LogP contribution in [0.4, 0.5) is 0 Å². The van der Waals surface area contributed by atoms with Crippen LogP contribution in [0.25, 0.3) is 11.0 Å². The molecule has 0 aliphatic heterocycles. The van der Waals surface area contributed by atoms with Gasteiger partial charge < -0.3 is 4.74 Å². The number of nitrogens with zero attached hydrogens (tertiary/aromatic N) is 3. The summed E-state index contributed by atoms with van der Waals surface area (Å²) in [7, 11) is 0. The lowest BCUT2D eigenvalue weighted by atomic mass is 10.0. The number of para-hydroxylation sites is 1. The molecule has 4 rings (SSSR count). The number of ketones is 1. The van der Waals surface area contributed by atoms with Crippen LogP contribution in [0.15, 0.2) is 78.9 Å². The Hall–Kier alpha value is -3.80. The summed E-state index contributed by atoms with van der Waals surface area (Å²) in [5, 5.41) is 8.34. The number of fused-ring (bicyclic) bond motifs is 1. The van der Waals surface area contributed by atoms with Crippen molar-refractivity contribution in [1.29, 1.82) is 0 Å². The maximum Gasteiger partial charge on any atom is 0.338 e. The van der Waals surface area contributed by atoms with Crippen molar-refractivity contribution in [3.8, 4) is 0 Å². The Bertz CT molecular complexity index is 1170. The van der Waals surface area contributed by atoms with Gasteiger partial charge in [-0.15, -0.1) is 5.10 Å². The Labute approximate surface area is 174 Å². The fourth-order valence-corrected chi connectivity index (χ4v) is 3.26. The molecule has 1 atom stereocenters. The zero-order valence-electron chi connectivity index (χ0n) is 16.6. The average Bonchev–Trinajstić information content (AvgIpc) is 3.21. The standard InChI is InChI=1S/C24H21N3O3/c1-2-22(23(28)18-8-4-3-5-9-18)30-24(29)19-14-12-17(13-15-19)16-27-21-11-7-6-10-20(21)25-26-27/h3-15,22H,2,16H2,1H3/t22-/m1/s1.